The third-order valence-corrected chi connectivity index (χ3v) is 6.01. The molecule has 10 nitrogen and oxygen atoms in total. The van der Waals surface area contributed by atoms with Gasteiger partial charge in [-0.3, -0.25) is 19.4 Å². The van der Waals surface area contributed by atoms with E-state index in [2.05, 4.69) is 11.0 Å². The zero-order valence-corrected chi connectivity index (χ0v) is 19.3. The molecular formula is C25H26N6O4. The van der Waals surface area contributed by atoms with Crippen LogP contribution in [0, 0.1) is 11.3 Å². The summed E-state index contributed by atoms with van der Waals surface area (Å²) >= 11 is 0. The monoisotopic (exact) mass is 474 g/mol. The van der Waals surface area contributed by atoms with Crippen molar-refractivity contribution in [2.75, 3.05) is 24.6 Å². The molecule has 2 aromatic carbocycles. The number of amides is 1. The predicted molar refractivity (Wildman–Crippen MR) is 130 cm³/mol. The first-order chi connectivity index (χ1) is 16.9. The molecule has 0 atom stereocenters. The highest BCUT2D eigenvalue weighted by Gasteiger charge is 2.24. The van der Waals surface area contributed by atoms with Crippen LogP contribution in [0.5, 0.6) is 5.75 Å². The summed E-state index contributed by atoms with van der Waals surface area (Å²) in [5.41, 5.74) is 10.1. The Hall–Kier alpha value is -4.20. The molecule has 4 N–H and O–H groups in total. The van der Waals surface area contributed by atoms with Crippen LogP contribution in [0.15, 0.2) is 53.3 Å². The van der Waals surface area contributed by atoms with Gasteiger partial charge in [-0.1, -0.05) is 24.3 Å². The van der Waals surface area contributed by atoms with E-state index in [1.165, 1.54) is 5.48 Å². The highest BCUT2D eigenvalue weighted by atomic mass is 16.5. The number of piperidine rings is 1. The Balaban J connectivity index is 1.79. The molecule has 1 amide bonds. The molecule has 3 aromatic rings. The number of hydrogen-bond acceptors (Lipinski definition) is 8. The van der Waals surface area contributed by atoms with Crippen LogP contribution in [0.4, 0.5) is 5.95 Å². The van der Waals surface area contributed by atoms with E-state index in [0.29, 0.717) is 52.7 Å². The summed E-state index contributed by atoms with van der Waals surface area (Å²) in [6.07, 6.45) is 1.64. The maximum absolute atomic E-state index is 13.7. The molecule has 0 bridgehead atoms. The molecule has 1 aliphatic rings. The molecular weight excluding hydrogens is 448 g/mol. The molecule has 35 heavy (non-hydrogen) atoms. The standard InChI is InChI=1S/C25H26N6O4/c1-30-24(33)22(17-6-8-20(9-7-17)35-15-21(32)29-34)23(18-4-2-16(14-26)3-5-18)28-25(30)31-12-10-19(27)11-13-31/h2-9,19,34H,10-13,15,27H2,1H3,(H,29,32). The van der Waals surface area contributed by atoms with Crippen LogP contribution in [-0.4, -0.2) is 46.4 Å². The summed E-state index contributed by atoms with van der Waals surface area (Å²) in [7, 11) is 1.70. The number of rotatable bonds is 6. The van der Waals surface area contributed by atoms with Crippen LogP contribution in [0.2, 0.25) is 0 Å². The van der Waals surface area contributed by atoms with Crippen molar-refractivity contribution in [3.63, 3.8) is 0 Å². The van der Waals surface area contributed by atoms with E-state index in [9.17, 15) is 14.9 Å². The van der Waals surface area contributed by atoms with Crippen molar-refractivity contribution in [1.82, 2.24) is 15.0 Å². The Bertz CT molecular complexity index is 1300. The first-order valence-electron chi connectivity index (χ1n) is 11.2. The fourth-order valence-electron chi connectivity index (χ4n) is 4.04. The number of nitrogens with zero attached hydrogens (tertiary/aromatic N) is 4. The molecule has 1 aliphatic heterocycles. The molecule has 0 unspecified atom stereocenters. The quantitative estimate of drug-likeness (QED) is 0.362. The summed E-state index contributed by atoms with van der Waals surface area (Å²) in [6, 6.07) is 15.9. The van der Waals surface area contributed by atoms with Crippen LogP contribution in [0.1, 0.15) is 18.4 Å². The maximum Gasteiger partial charge on any atom is 0.281 e. The number of ether oxygens (including phenoxy) is 1. The number of hydrogen-bond donors (Lipinski definition) is 3. The lowest BCUT2D eigenvalue weighted by atomic mass is 9.99. The second kappa shape index (κ2) is 10.4. The predicted octanol–water partition coefficient (Wildman–Crippen LogP) is 1.80. The van der Waals surface area contributed by atoms with E-state index in [1.807, 2.05) is 0 Å². The smallest absolute Gasteiger partial charge is 0.281 e. The summed E-state index contributed by atoms with van der Waals surface area (Å²) in [5, 5.41) is 17.8. The van der Waals surface area contributed by atoms with Gasteiger partial charge in [0.1, 0.15) is 5.75 Å². The van der Waals surface area contributed by atoms with Gasteiger partial charge >= 0.3 is 0 Å². The molecule has 0 radical (unpaired) electrons. The average molecular weight is 475 g/mol. The van der Waals surface area contributed by atoms with E-state index in [0.717, 1.165) is 12.8 Å². The molecule has 1 fully saturated rings. The molecule has 0 saturated carbocycles. The zero-order valence-electron chi connectivity index (χ0n) is 19.3. The van der Waals surface area contributed by atoms with Crippen LogP contribution < -0.4 is 26.4 Å². The number of nitrogens with one attached hydrogen (secondary N) is 1. The van der Waals surface area contributed by atoms with Gasteiger partial charge in [-0.2, -0.15) is 5.26 Å². The number of nitriles is 1. The summed E-state index contributed by atoms with van der Waals surface area (Å²) in [4.78, 5) is 31.9. The first kappa shape index (κ1) is 23.9. The van der Waals surface area contributed by atoms with Crippen molar-refractivity contribution < 1.29 is 14.7 Å². The van der Waals surface area contributed by atoms with E-state index < -0.39 is 5.91 Å². The Morgan fingerprint density at radius 1 is 1.17 bits per heavy atom. The lowest BCUT2D eigenvalue weighted by Gasteiger charge is -2.32. The van der Waals surface area contributed by atoms with Crippen molar-refractivity contribution in [2.45, 2.75) is 18.9 Å². The number of anilines is 1. The third-order valence-electron chi connectivity index (χ3n) is 6.01. The number of hydroxylamine groups is 1. The minimum absolute atomic E-state index is 0.143. The zero-order chi connectivity index (χ0) is 24.9. The molecule has 10 heteroatoms. The van der Waals surface area contributed by atoms with E-state index in [1.54, 1.807) is 60.1 Å². The molecule has 0 spiro atoms. The lowest BCUT2D eigenvalue weighted by molar-refractivity contribution is -0.131. The second-order valence-electron chi connectivity index (χ2n) is 8.36. The third kappa shape index (κ3) is 5.16. The van der Waals surface area contributed by atoms with Gasteiger partial charge in [0.05, 0.1) is 22.9 Å². The van der Waals surface area contributed by atoms with Crippen LogP contribution in [-0.2, 0) is 11.8 Å². The number of carbonyl (C=O) groups excluding carboxylic acids is 1. The van der Waals surface area contributed by atoms with E-state index >= 15 is 0 Å². The van der Waals surface area contributed by atoms with Gasteiger partial charge in [0.15, 0.2) is 6.61 Å². The van der Waals surface area contributed by atoms with Gasteiger partial charge in [-0.25, -0.2) is 10.5 Å². The van der Waals surface area contributed by atoms with E-state index in [4.69, 9.17) is 20.7 Å². The molecule has 2 heterocycles. The molecule has 1 saturated heterocycles. The fourth-order valence-corrected chi connectivity index (χ4v) is 4.04. The Kier molecular flexibility index (Phi) is 7.10. The van der Waals surface area contributed by atoms with Crippen molar-refractivity contribution in [2.24, 2.45) is 12.8 Å². The second-order valence-corrected chi connectivity index (χ2v) is 8.36. The molecule has 4 rings (SSSR count). The Labute approximate surface area is 202 Å². The summed E-state index contributed by atoms with van der Waals surface area (Å²) < 4.78 is 6.88. The average Bonchev–Trinajstić information content (AvgIpc) is 2.89. The van der Waals surface area contributed by atoms with Crippen molar-refractivity contribution in [1.29, 1.82) is 5.26 Å². The van der Waals surface area contributed by atoms with Gasteiger partial charge < -0.3 is 15.4 Å². The molecule has 1 aromatic heterocycles. The summed E-state index contributed by atoms with van der Waals surface area (Å²) in [6.45, 7) is 1.08. The van der Waals surface area contributed by atoms with Gasteiger partial charge in [-0.15, -0.1) is 0 Å². The largest absolute Gasteiger partial charge is 0.484 e. The topological polar surface area (TPSA) is 146 Å². The van der Waals surface area contributed by atoms with Crippen LogP contribution >= 0.6 is 0 Å². The fraction of sp³-hybridized carbons (Fsp3) is 0.280. The van der Waals surface area contributed by atoms with Crippen molar-refractivity contribution in [3.05, 3.63) is 64.4 Å². The van der Waals surface area contributed by atoms with Crippen LogP contribution in [0.3, 0.4) is 0 Å². The minimum atomic E-state index is -0.676. The van der Waals surface area contributed by atoms with Crippen molar-refractivity contribution >= 4 is 11.9 Å². The SMILES string of the molecule is Cn1c(N2CCC(N)CC2)nc(-c2ccc(C#N)cc2)c(-c2ccc(OCC(=O)NO)cc2)c1=O. The highest BCUT2D eigenvalue weighted by Crippen LogP contribution is 2.31. The van der Waals surface area contributed by atoms with Gasteiger partial charge in [-0.05, 0) is 42.7 Å². The molecule has 0 aliphatic carbocycles. The van der Waals surface area contributed by atoms with Gasteiger partial charge in [0.25, 0.3) is 11.5 Å². The van der Waals surface area contributed by atoms with Gasteiger partial charge in [0.2, 0.25) is 5.95 Å². The van der Waals surface area contributed by atoms with Crippen LogP contribution in [0.25, 0.3) is 22.4 Å². The number of carbonyl (C=O) groups is 1. The van der Waals surface area contributed by atoms with E-state index in [-0.39, 0.29) is 18.2 Å². The van der Waals surface area contributed by atoms with Gasteiger partial charge in [0, 0.05) is 31.7 Å². The lowest BCUT2D eigenvalue weighted by Crippen LogP contribution is -2.42. The maximum atomic E-state index is 13.7. The molecule has 180 valence electrons. The normalized spacial score (nSPS) is 13.8. The Morgan fingerprint density at radius 2 is 1.80 bits per heavy atom. The number of nitrogens with two attached hydrogens (primary N) is 1. The summed E-state index contributed by atoms with van der Waals surface area (Å²) in [5.74, 6) is 0.299. The Morgan fingerprint density at radius 3 is 2.40 bits per heavy atom. The number of benzene rings is 2. The minimum Gasteiger partial charge on any atom is -0.484 e. The number of aromatic nitrogens is 2. The highest BCUT2D eigenvalue weighted by molar-refractivity contribution is 5.81. The van der Waals surface area contributed by atoms with Crippen molar-refractivity contribution in [3.8, 4) is 34.2 Å². The first-order valence-corrected chi connectivity index (χ1v) is 11.2.